The highest BCUT2D eigenvalue weighted by Gasteiger charge is 2.45. The maximum atomic E-state index is 12.4. The Hall–Kier alpha value is -0.610. The Bertz CT molecular complexity index is 370. The SMILES string of the molecule is CCOC(=O)C1(NC)CCCC(N2CCCC(C)(C)C2)C1. The first-order valence-corrected chi connectivity index (χ1v) is 8.53. The molecule has 4 heteroatoms. The van der Waals surface area contributed by atoms with Gasteiger partial charge in [-0.15, -0.1) is 0 Å². The van der Waals surface area contributed by atoms with Crippen LogP contribution in [0.3, 0.4) is 0 Å². The van der Waals surface area contributed by atoms with Gasteiger partial charge in [-0.05, 0) is 64.5 Å². The molecule has 1 N–H and O–H groups in total. The molecule has 0 aromatic rings. The summed E-state index contributed by atoms with van der Waals surface area (Å²) < 4.78 is 5.33. The molecule has 1 saturated heterocycles. The minimum absolute atomic E-state index is 0.0616. The molecule has 1 saturated carbocycles. The summed E-state index contributed by atoms with van der Waals surface area (Å²) in [5, 5.41) is 3.29. The van der Waals surface area contributed by atoms with E-state index >= 15 is 0 Å². The number of ether oxygens (including phenoxy) is 1. The van der Waals surface area contributed by atoms with Gasteiger partial charge in [-0.25, -0.2) is 0 Å². The molecule has 0 aromatic carbocycles. The van der Waals surface area contributed by atoms with E-state index in [4.69, 9.17) is 4.74 Å². The summed E-state index contributed by atoms with van der Waals surface area (Å²) in [6, 6.07) is 0.509. The summed E-state index contributed by atoms with van der Waals surface area (Å²) in [4.78, 5) is 15.0. The quantitative estimate of drug-likeness (QED) is 0.810. The number of piperidine rings is 1. The van der Waals surface area contributed by atoms with Gasteiger partial charge in [0.25, 0.3) is 0 Å². The van der Waals surface area contributed by atoms with Crippen molar-refractivity contribution in [3.05, 3.63) is 0 Å². The summed E-state index contributed by atoms with van der Waals surface area (Å²) in [7, 11) is 1.90. The zero-order valence-corrected chi connectivity index (χ0v) is 14.2. The molecular weight excluding hydrogens is 264 g/mol. The van der Waals surface area contributed by atoms with Crippen LogP contribution in [0.1, 0.15) is 59.3 Å². The van der Waals surface area contributed by atoms with Gasteiger partial charge >= 0.3 is 5.97 Å². The van der Waals surface area contributed by atoms with Gasteiger partial charge in [0.05, 0.1) is 6.61 Å². The summed E-state index contributed by atoms with van der Waals surface area (Å²) in [5.41, 5.74) is -0.0670. The normalized spacial score (nSPS) is 33.6. The van der Waals surface area contributed by atoms with Crippen molar-refractivity contribution in [2.45, 2.75) is 70.9 Å². The van der Waals surface area contributed by atoms with Crippen molar-refractivity contribution >= 4 is 5.97 Å². The zero-order chi connectivity index (χ0) is 15.5. The Kier molecular flexibility index (Phi) is 5.31. The predicted molar refractivity (Wildman–Crippen MR) is 85.3 cm³/mol. The first kappa shape index (κ1) is 16.8. The van der Waals surface area contributed by atoms with E-state index in [-0.39, 0.29) is 5.97 Å². The summed E-state index contributed by atoms with van der Waals surface area (Å²) in [5.74, 6) is -0.0616. The maximum absolute atomic E-state index is 12.4. The van der Waals surface area contributed by atoms with E-state index in [2.05, 4.69) is 24.1 Å². The summed E-state index contributed by atoms with van der Waals surface area (Å²) in [6.07, 6.45) is 6.68. The van der Waals surface area contributed by atoms with Crippen LogP contribution in [0.5, 0.6) is 0 Å². The van der Waals surface area contributed by atoms with Gasteiger partial charge in [0.15, 0.2) is 0 Å². The number of nitrogens with one attached hydrogen (secondary N) is 1. The van der Waals surface area contributed by atoms with Gasteiger partial charge < -0.3 is 10.1 Å². The van der Waals surface area contributed by atoms with Gasteiger partial charge in [-0.3, -0.25) is 9.69 Å². The first-order chi connectivity index (χ1) is 9.92. The van der Waals surface area contributed by atoms with Crippen molar-refractivity contribution in [3.8, 4) is 0 Å². The van der Waals surface area contributed by atoms with Crippen molar-refractivity contribution in [1.82, 2.24) is 10.2 Å². The highest BCUT2D eigenvalue weighted by molar-refractivity contribution is 5.81. The number of hydrogen-bond acceptors (Lipinski definition) is 4. The Morgan fingerprint density at radius 1 is 1.33 bits per heavy atom. The first-order valence-electron chi connectivity index (χ1n) is 8.53. The van der Waals surface area contributed by atoms with E-state index in [1.165, 1.54) is 25.8 Å². The molecule has 122 valence electrons. The highest BCUT2D eigenvalue weighted by Crippen LogP contribution is 2.36. The van der Waals surface area contributed by atoms with Crippen LogP contribution in [0.2, 0.25) is 0 Å². The number of likely N-dealkylation sites (tertiary alicyclic amines) is 1. The van der Waals surface area contributed by atoms with Gasteiger partial charge in [-0.2, -0.15) is 0 Å². The molecule has 0 amide bonds. The summed E-state index contributed by atoms with van der Waals surface area (Å²) >= 11 is 0. The molecule has 21 heavy (non-hydrogen) atoms. The van der Waals surface area contributed by atoms with E-state index in [1.807, 2.05) is 14.0 Å². The third-order valence-electron chi connectivity index (χ3n) is 5.32. The van der Waals surface area contributed by atoms with Crippen LogP contribution in [0, 0.1) is 5.41 Å². The number of nitrogens with zero attached hydrogens (tertiary/aromatic N) is 1. The number of carbonyl (C=O) groups is 1. The average Bonchev–Trinajstić information content (AvgIpc) is 2.46. The predicted octanol–water partition coefficient (Wildman–Crippen LogP) is 2.57. The largest absolute Gasteiger partial charge is 0.465 e. The van der Waals surface area contributed by atoms with Crippen LogP contribution in [0.15, 0.2) is 0 Å². The van der Waals surface area contributed by atoms with Crippen molar-refractivity contribution in [2.24, 2.45) is 5.41 Å². The molecule has 1 aliphatic carbocycles. The van der Waals surface area contributed by atoms with Gasteiger partial charge in [0.2, 0.25) is 0 Å². The van der Waals surface area contributed by atoms with Gasteiger partial charge in [0, 0.05) is 12.6 Å². The molecule has 1 aliphatic heterocycles. The standard InChI is InChI=1S/C17H32N2O2/c1-5-21-15(20)17(18-4)10-6-8-14(12-17)19-11-7-9-16(2,3)13-19/h14,18H,5-13H2,1-4H3. The average molecular weight is 296 g/mol. The molecule has 4 nitrogen and oxygen atoms in total. The molecule has 2 aliphatic rings. The lowest BCUT2D eigenvalue weighted by Gasteiger charge is -2.47. The second-order valence-electron chi connectivity index (χ2n) is 7.54. The molecule has 2 fully saturated rings. The Balaban J connectivity index is 2.07. The van der Waals surface area contributed by atoms with Crippen molar-refractivity contribution < 1.29 is 9.53 Å². The molecule has 2 rings (SSSR count). The smallest absolute Gasteiger partial charge is 0.326 e. The molecule has 2 unspecified atom stereocenters. The number of esters is 1. The number of hydrogen-bond donors (Lipinski definition) is 1. The van der Waals surface area contributed by atoms with Crippen LogP contribution >= 0.6 is 0 Å². The number of rotatable bonds is 4. The minimum Gasteiger partial charge on any atom is -0.465 e. The van der Waals surface area contributed by atoms with Gasteiger partial charge in [0.1, 0.15) is 5.54 Å². The van der Waals surface area contributed by atoms with E-state index in [1.54, 1.807) is 0 Å². The van der Waals surface area contributed by atoms with Crippen LogP contribution in [-0.2, 0) is 9.53 Å². The molecule has 2 atom stereocenters. The number of likely N-dealkylation sites (N-methyl/N-ethyl adjacent to an activating group) is 1. The molecule has 0 spiro atoms. The maximum Gasteiger partial charge on any atom is 0.326 e. The lowest BCUT2D eigenvalue weighted by molar-refractivity contribution is -0.153. The minimum atomic E-state index is -0.472. The Morgan fingerprint density at radius 3 is 2.71 bits per heavy atom. The molecule has 1 heterocycles. The lowest BCUT2D eigenvalue weighted by Crippen LogP contribution is -2.59. The third kappa shape index (κ3) is 3.78. The van der Waals surface area contributed by atoms with Crippen LogP contribution in [0.25, 0.3) is 0 Å². The van der Waals surface area contributed by atoms with Crippen LogP contribution in [0.4, 0.5) is 0 Å². The fraction of sp³-hybridized carbons (Fsp3) is 0.941. The zero-order valence-electron chi connectivity index (χ0n) is 14.2. The van der Waals surface area contributed by atoms with Crippen LogP contribution in [-0.4, -0.2) is 49.2 Å². The second-order valence-corrected chi connectivity index (χ2v) is 7.54. The Labute approximate surface area is 129 Å². The molecular formula is C17H32N2O2. The number of carbonyl (C=O) groups excluding carboxylic acids is 1. The van der Waals surface area contributed by atoms with E-state index in [0.717, 1.165) is 25.8 Å². The van der Waals surface area contributed by atoms with Crippen molar-refractivity contribution in [2.75, 3.05) is 26.7 Å². The molecule has 0 aromatic heterocycles. The van der Waals surface area contributed by atoms with E-state index in [0.29, 0.717) is 18.1 Å². The fourth-order valence-corrected chi connectivity index (χ4v) is 4.12. The topological polar surface area (TPSA) is 41.6 Å². The summed E-state index contributed by atoms with van der Waals surface area (Å²) in [6.45, 7) is 9.40. The highest BCUT2D eigenvalue weighted by atomic mass is 16.5. The third-order valence-corrected chi connectivity index (χ3v) is 5.32. The Morgan fingerprint density at radius 2 is 2.10 bits per heavy atom. The van der Waals surface area contributed by atoms with Crippen molar-refractivity contribution in [1.29, 1.82) is 0 Å². The molecule has 0 radical (unpaired) electrons. The molecule has 0 bridgehead atoms. The van der Waals surface area contributed by atoms with E-state index in [9.17, 15) is 4.79 Å². The van der Waals surface area contributed by atoms with Crippen molar-refractivity contribution in [3.63, 3.8) is 0 Å². The van der Waals surface area contributed by atoms with Gasteiger partial charge in [-0.1, -0.05) is 13.8 Å². The van der Waals surface area contributed by atoms with E-state index < -0.39 is 5.54 Å². The lowest BCUT2D eigenvalue weighted by atomic mass is 9.76. The monoisotopic (exact) mass is 296 g/mol. The van der Waals surface area contributed by atoms with Crippen LogP contribution < -0.4 is 5.32 Å². The second kappa shape index (κ2) is 6.66. The fourth-order valence-electron chi connectivity index (χ4n) is 4.12.